The summed E-state index contributed by atoms with van der Waals surface area (Å²) in [5.74, 6) is 0. The lowest BCUT2D eigenvalue weighted by molar-refractivity contribution is 0.529. The van der Waals surface area contributed by atoms with Gasteiger partial charge in [-0.1, -0.05) is 47.5 Å². The quantitative estimate of drug-likeness (QED) is 0.884. The van der Waals surface area contributed by atoms with Crippen molar-refractivity contribution in [2.75, 3.05) is 12.4 Å². The van der Waals surface area contributed by atoms with Crippen LogP contribution in [0.1, 0.15) is 17.2 Å². The van der Waals surface area contributed by atoms with Gasteiger partial charge >= 0.3 is 0 Å². The van der Waals surface area contributed by atoms with E-state index < -0.39 is 0 Å². The first-order valence-corrected chi connectivity index (χ1v) is 7.41. The van der Waals surface area contributed by atoms with Crippen molar-refractivity contribution in [3.8, 4) is 0 Å². The summed E-state index contributed by atoms with van der Waals surface area (Å²) in [5.41, 5.74) is 3.73. The Morgan fingerprint density at radius 3 is 2.60 bits per heavy atom. The number of likely N-dealkylation sites (N-methyl/N-ethyl adjacent to an activating group) is 1. The third-order valence-corrected chi connectivity index (χ3v) is 4.58. The Morgan fingerprint density at radius 1 is 1.05 bits per heavy atom. The zero-order chi connectivity index (χ0) is 14.1. The fourth-order valence-electron chi connectivity index (χ4n) is 2.81. The van der Waals surface area contributed by atoms with Crippen LogP contribution in [0.2, 0.25) is 10.0 Å². The molecule has 1 aliphatic carbocycles. The average Bonchev–Trinajstić information content (AvgIpc) is 2.81. The highest BCUT2D eigenvalue weighted by atomic mass is 35.5. The number of fused-ring (bicyclic) bond motifs is 1. The van der Waals surface area contributed by atoms with Crippen molar-refractivity contribution >= 4 is 28.9 Å². The number of nitrogens with one attached hydrogen (secondary N) is 2. The molecule has 0 aliphatic heterocycles. The van der Waals surface area contributed by atoms with Gasteiger partial charge in [-0.2, -0.15) is 0 Å². The van der Waals surface area contributed by atoms with E-state index in [2.05, 4.69) is 34.9 Å². The highest BCUT2D eigenvalue weighted by Crippen LogP contribution is 2.35. The number of anilines is 1. The lowest BCUT2D eigenvalue weighted by Gasteiger charge is -2.23. The summed E-state index contributed by atoms with van der Waals surface area (Å²) >= 11 is 12.0. The Morgan fingerprint density at radius 2 is 1.85 bits per heavy atom. The molecule has 2 nitrogen and oxygen atoms in total. The molecule has 2 N–H and O–H groups in total. The Kier molecular flexibility index (Phi) is 3.88. The number of hydrogen-bond acceptors (Lipinski definition) is 2. The van der Waals surface area contributed by atoms with Crippen LogP contribution < -0.4 is 10.6 Å². The van der Waals surface area contributed by atoms with E-state index in [1.165, 1.54) is 11.1 Å². The van der Waals surface area contributed by atoms with Crippen molar-refractivity contribution < 1.29 is 0 Å². The average molecular weight is 307 g/mol. The molecule has 104 valence electrons. The first kappa shape index (κ1) is 13.7. The molecule has 2 unspecified atom stereocenters. The predicted octanol–water partition coefficient (Wildman–Crippen LogP) is 4.29. The second kappa shape index (κ2) is 5.65. The van der Waals surface area contributed by atoms with E-state index in [0.717, 1.165) is 12.1 Å². The summed E-state index contributed by atoms with van der Waals surface area (Å²) < 4.78 is 0. The Balaban J connectivity index is 1.90. The summed E-state index contributed by atoms with van der Waals surface area (Å²) in [4.78, 5) is 0. The van der Waals surface area contributed by atoms with Gasteiger partial charge in [0.05, 0.1) is 16.1 Å². The summed E-state index contributed by atoms with van der Waals surface area (Å²) in [7, 11) is 2.00. The van der Waals surface area contributed by atoms with Crippen LogP contribution in [-0.2, 0) is 6.42 Å². The van der Waals surface area contributed by atoms with Gasteiger partial charge in [0, 0.05) is 11.7 Å². The molecule has 20 heavy (non-hydrogen) atoms. The fourth-order valence-corrected chi connectivity index (χ4v) is 3.11. The molecular weight excluding hydrogens is 291 g/mol. The minimum absolute atomic E-state index is 0.244. The van der Waals surface area contributed by atoms with Gasteiger partial charge in [0.1, 0.15) is 0 Å². The molecule has 0 aromatic heterocycles. The van der Waals surface area contributed by atoms with Crippen molar-refractivity contribution in [3.05, 3.63) is 63.6 Å². The molecule has 0 bridgehead atoms. The van der Waals surface area contributed by atoms with Crippen molar-refractivity contribution in [3.63, 3.8) is 0 Å². The summed E-state index contributed by atoms with van der Waals surface area (Å²) in [6, 6.07) is 14.8. The highest BCUT2D eigenvalue weighted by molar-refractivity contribution is 6.42. The number of halogens is 2. The number of benzene rings is 2. The Hall–Kier alpha value is -1.22. The van der Waals surface area contributed by atoms with Crippen LogP contribution in [0.3, 0.4) is 0 Å². The third kappa shape index (κ3) is 2.51. The van der Waals surface area contributed by atoms with Crippen molar-refractivity contribution in [2.24, 2.45) is 0 Å². The van der Waals surface area contributed by atoms with Crippen molar-refractivity contribution in [1.82, 2.24) is 5.32 Å². The number of hydrogen-bond donors (Lipinski definition) is 2. The topological polar surface area (TPSA) is 24.1 Å². The zero-order valence-corrected chi connectivity index (χ0v) is 12.7. The second-order valence-electron chi connectivity index (χ2n) is 5.05. The van der Waals surface area contributed by atoms with E-state index in [0.29, 0.717) is 16.1 Å². The first-order chi connectivity index (χ1) is 9.69. The first-order valence-electron chi connectivity index (χ1n) is 6.65. The standard InChI is InChI=1S/C16H16Cl2N2/c1-19-15-8-10-4-2-3-5-12(10)16(15)20-11-6-7-13(17)14(18)9-11/h2-7,9,15-16,19-20H,8H2,1H3. The molecule has 0 amide bonds. The van der Waals surface area contributed by atoms with Gasteiger partial charge in [-0.3, -0.25) is 0 Å². The maximum atomic E-state index is 6.08. The number of rotatable bonds is 3. The SMILES string of the molecule is CNC1Cc2ccccc2C1Nc1ccc(Cl)c(Cl)c1. The van der Waals surface area contributed by atoms with Crippen LogP contribution in [0, 0.1) is 0 Å². The molecule has 0 radical (unpaired) electrons. The second-order valence-corrected chi connectivity index (χ2v) is 5.86. The molecule has 2 atom stereocenters. The maximum Gasteiger partial charge on any atom is 0.0672 e. The van der Waals surface area contributed by atoms with Crippen LogP contribution in [0.25, 0.3) is 0 Å². The molecule has 0 fully saturated rings. The molecule has 1 aliphatic rings. The third-order valence-electron chi connectivity index (χ3n) is 3.84. The molecule has 2 aromatic carbocycles. The van der Waals surface area contributed by atoms with Crippen LogP contribution in [0.5, 0.6) is 0 Å². The molecule has 0 saturated carbocycles. The summed E-state index contributed by atoms with van der Waals surface area (Å²) in [5, 5.41) is 8.10. The Labute approximate surface area is 129 Å². The van der Waals surface area contributed by atoms with Gasteiger partial charge < -0.3 is 10.6 Å². The largest absolute Gasteiger partial charge is 0.377 e. The van der Waals surface area contributed by atoms with Crippen LogP contribution in [0.4, 0.5) is 5.69 Å². The van der Waals surface area contributed by atoms with E-state index in [1.54, 1.807) is 0 Å². The van der Waals surface area contributed by atoms with Crippen molar-refractivity contribution in [2.45, 2.75) is 18.5 Å². The fraction of sp³-hybridized carbons (Fsp3) is 0.250. The molecule has 4 heteroatoms. The molecule has 0 saturated heterocycles. The minimum atomic E-state index is 0.244. The van der Waals surface area contributed by atoms with E-state index in [9.17, 15) is 0 Å². The highest BCUT2D eigenvalue weighted by Gasteiger charge is 2.30. The monoisotopic (exact) mass is 306 g/mol. The molecule has 3 rings (SSSR count). The van der Waals surface area contributed by atoms with E-state index >= 15 is 0 Å². The minimum Gasteiger partial charge on any atom is -0.377 e. The zero-order valence-electron chi connectivity index (χ0n) is 11.2. The Bertz CT molecular complexity index is 628. The van der Waals surface area contributed by atoms with Gasteiger partial charge in [-0.05, 0) is 42.8 Å². The predicted molar refractivity (Wildman–Crippen MR) is 85.8 cm³/mol. The van der Waals surface area contributed by atoms with Gasteiger partial charge in [0.15, 0.2) is 0 Å². The molecule has 0 spiro atoms. The van der Waals surface area contributed by atoms with Crippen LogP contribution in [0.15, 0.2) is 42.5 Å². The molecular formula is C16H16Cl2N2. The van der Waals surface area contributed by atoms with E-state index in [1.807, 2.05) is 25.2 Å². The molecule has 0 heterocycles. The summed E-state index contributed by atoms with van der Waals surface area (Å²) in [6.45, 7) is 0. The van der Waals surface area contributed by atoms with Gasteiger partial charge in [0.2, 0.25) is 0 Å². The van der Waals surface area contributed by atoms with Gasteiger partial charge in [-0.15, -0.1) is 0 Å². The normalized spacial score (nSPS) is 20.8. The van der Waals surface area contributed by atoms with Crippen LogP contribution in [-0.4, -0.2) is 13.1 Å². The lowest BCUT2D eigenvalue weighted by atomic mass is 10.1. The maximum absolute atomic E-state index is 6.08. The van der Waals surface area contributed by atoms with E-state index in [-0.39, 0.29) is 6.04 Å². The van der Waals surface area contributed by atoms with Crippen LogP contribution >= 0.6 is 23.2 Å². The lowest BCUT2D eigenvalue weighted by Crippen LogP contribution is -2.33. The summed E-state index contributed by atoms with van der Waals surface area (Å²) in [6.07, 6.45) is 1.03. The van der Waals surface area contributed by atoms with Gasteiger partial charge in [0.25, 0.3) is 0 Å². The van der Waals surface area contributed by atoms with E-state index in [4.69, 9.17) is 23.2 Å². The van der Waals surface area contributed by atoms with Crippen molar-refractivity contribution in [1.29, 1.82) is 0 Å². The smallest absolute Gasteiger partial charge is 0.0672 e. The molecule has 2 aromatic rings. The van der Waals surface area contributed by atoms with Gasteiger partial charge in [-0.25, -0.2) is 0 Å².